The molecule has 5 nitrogen and oxygen atoms in total. The van der Waals surface area contributed by atoms with E-state index in [0.717, 1.165) is 42.8 Å². The number of amides is 2. The smallest absolute Gasteiger partial charge is 0.269 e. The third kappa shape index (κ3) is 3.30. The summed E-state index contributed by atoms with van der Waals surface area (Å²) in [4.78, 5) is 30.3. The summed E-state index contributed by atoms with van der Waals surface area (Å²) in [7, 11) is 0. The molecule has 2 aromatic carbocycles. The fourth-order valence-electron chi connectivity index (χ4n) is 6.12. The molecule has 1 unspecified atom stereocenters. The predicted molar refractivity (Wildman–Crippen MR) is 126 cm³/mol. The van der Waals surface area contributed by atoms with Gasteiger partial charge in [-0.25, -0.2) is 0 Å². The zero-order valence-corrected chi connectivity index (χ0v) is 19.0. The van der Waals surface area contributed by atoms with Crippen molar-refractivity contribution in [3.05, 3.63) is 54.1 Å². The summed E-state index contributed by atoms with van der Waals surface area (Å²) in [5.41, 5.74) is 2.52. The summed E-state index contributed by atoms with van der Waals surface area (Å²) in [6, 6.07) is 15.9. The Kier molecular flexibility index (Phi) is 5.44. The van der Waals surface area contributed by atoms with Crippen LogP contribution < -0.4 is 14.5 Å². The van der Waals surface area contributed by atoms with E-state index in [1.807, 2.05) is 48.2 Å². The van der Waals surface area contributed by atoms with Crippen LogP contribution in [0.15, 0.2) is 48.5 Å². The van der Waals surface area contributed by atoms with Crippen molar-refractivity contribution in [3.63, 3.8) is 0 Å². The van der Waals surface area contributed by atoms with Crippen LogP contribution >= 0.6 is 0 Å². The number of carbonyl (C=O) groups is 2. The second-order valence-corrected chi connectivity index (χ2v) is 9.59. The van der Waals surface area contributed by atoms with Gasteiger partial charge in [0, 0.05) is 24.4 Å². The quantitative estimate of drug-likeness (QED) is 0.621. The third-order valence-corrected chi connectivity index (χ3v) is 7.57. The van der Waals surface area contributed by atoms with E-state index < -0.39 is 6.10 Å². The van der Waals surface area contributed by atoms with Gasteiger partial charge < -0.3 is 14.5 Å². The molecule has 2 heterocycles. The van der Waals surface area contributed by atoms with E-state index >= 15 is 0 Å². The number of fused-ring (bicyclic) bond motifs is 3. The van der Waals surface area contributed by atoms with E-state index in [0.29, 0.717) is 6.54 Å². The first-order valence-corrected chi connectivity index (χ1v) is 12.0. The topological polar surface area (TPSA) is 49.9 Å². The van der Waals surface area contributed by atoms with Gasteiger partial charge in [0.15, 0.2) is 6.10 Å². The fourth-order valence-corrected chi connectivity index (χ4v) is 6.12. The van der Waals surface area contributed by atoms with Crippen LogP contribution in [-0.2, 0) is 15.0 Å². The SMILES string of the molecule is CC(=O)N1c2ccccc2N(C(=O)C2Oc3ccccc3C23CCCCCCC3)C[C@@H]1C. The molecule has 1 spiro atoms. The van der Waals surface area contributed by atoms with Gasteiger partial charge in [-0.2, -0.15) is 0 Å². The summed E-state index contributed by atoms with van der Waals surface area (Å²) >= 11 is 0. The van der Waals surface area contributed by atoms with Crippen LogP contribution in [0.4, 0.5) is 11.4 Å². The maximum absolute atomic E-state index is 14.2. The molecular weight excluding hydrogens is 400 g/mol. The van der Waals surface area contributed by atoms with Gasteiger partial charge >= 0.3 is 0 Å². The fraction of sp³-hybridized carbons (Fsp3) is 0.481. The number of carbonyl (C=O) groups excluding carboxylic acids is 2. The largest absolute Gasteiger partial charge is 0.479 e. The number of anilines is 2. The Morgan fingerprint density at radius 2 is 1.53 bits per heavy atom. The van der Waals surface area contributed by atoms with Crippen LogP contribution in [0, 0.1) is 0 Å². The first-order valence-electron chi connectivity index (χ1n) is 12.0. The molecule has 0 saturated heterocycles. The van der Waals surface area contributed by atoms with E-state index in [9.17, 15) is 9.59 Å². The minimum Gasteiger partial charge on any atom is -0.479 e. The Labute approximate surface area is 190 Å². The average Bonchev–Trinajstić information content (AvgIpc) is 3.10. The van der Waals surface area contributed by atoms with E-state index in [-0.39, 0.29) is 23.3 Å². The van der Waals surface area contributed by atoms with Crippen LogP contribution in [0.3, 0.4) is 0 Å². The second kappa shape index (κ2) is 8.27. The zero-order valence-electron chi connectivity index (χ0n) is 19.0. The summed E-state index contributed by atoms with van der Waals surface area (Å²) < 4.78 is 6.46. The van der Waals surface area contributed by atoms with Crippen molar-refractivity contribution in [2.75, 3.05) is 16.3 Å². The lowest BCUT2D eigenvalue weighted by Crippen LogP contribution is -2.57. The molecule has 1 aliphatic carbocycles. The number of nitrogens with zero attached hydrogens (tertiary/aromatic N) is 2. The second-order valence-electron chi connectivity index (χ2n) is 9.59. The van der Waals surface area contributed by atoms with Crippen LogP contribution in [0.2, 0.25) is 0 Å². The van der Waals surface area contributed by atoms with E-state index in [1.165, 1.54) is 24.8 Å². The molecule has 0 N–H and O–H groups in total. The molecule has 0 bridgehead atoms. The molecule has 3 aliphatic rings. The van der Waals surface area contributed by atoms with Gasteiger partial charge in [0.05, 0.1) is 17.4 Å². The van der Waals surface area contributed by atoms with Gasteiger partial charge in [0.2, 0.25) is 5.91 Å². The summed E-state index contributed by atoms with van der Waals surface area (Å²) in [6.45, 7) is 4.07. The van der Waals surface area contributed by atoms with Crippen molar-refractivity contribution in [2.24, 2.45) is 0 Å². The first kappa shape index (κ1) is 21.0. The third-order valence-electron chi connectivity index (χ3n) is 7.57. The molecule has 0 aromatic heterocycles. The Balaban J connectivity index is 1.56. The number of hydrogen-bond acceptors (Lipinski definition) is 3. The Hall–Kier alpha value is -2.82. The summed E-state index contributed by atoms with van der Waals surface area (Å²) in [5, 5.41) is 0. The van der Waals surface area contributed by atoms with Gasteiger partial charge in [-0.1, -0.05) is 62.4 Å². The molecule has 2 amide bonds. The highest BCUT2D eigenvalue weighted by Crippen LogP contribution is 2.51. The molecule has 32 heavy (non-hydrogen) atoms. The summed E-state index contributed by atoms with van der Waals surface area (Å²) in [6.07, 6.45) is 7.36. The molecule has 2 aliphatic heterocycles. The van der Waals surface area contributed by atoms with Crippen molar-refractivity contribution >= 4 is 23.2 Å². The first-order chi connectivity index (χ1) is 15.5. The maximum Gasteiger partial charge on any atom is 0.269 e. The van der Waals surface area contributed by atoms with Gasteiger partial charge in [-0.15, -0.1) is 0 Å². The van der Waals surface area contributed by atoms with Crippen LogP contribution in [0.25, 0.3) is 0 Å². The molecule has 2 aromatic rings. The van der Waals surface area contributed by atoms with Gasteiger partial charge in [0.1, 0.15) is 5.75 Å². The van der Waals surface area contributed by atoms with E-state index in [2.05, 4.69) is 12.1 Å². The van der Waals surface area contributed by atoms with Gasteiger partial charge in [-0.05, 0) is 38.0 Å². The standard InChI is InChI=1S/C27H32N2O3/c1-19-18-28(22-13-7-8-14-23(22)29(19)20(2)30)26(31)25-27(16-10-4-3-5-11-17-27)21-12-6-9-15-24(21)32-25/h6-9,12-15,19,25H,3-5,10-11,16-18H2,1-2H3/t19-,25?/m0/s1. The number of rotatable bonds is 1. The average molecular weight is 433 g/mol. The number of ether oxygens (including phenoxy) is 1. The predicted octanol–water partition coefficient (Wildman–Crippen LogP) is 5.22. The molecule has 0 radical (unpaired) electrons. The molecular formula is C27H32N2O3. The Morgan fingerprint density at radius 3 is 2.25 bits per heavy atom. The normalized spacial score (nSPS) is 24.2. The van der Waals surface area contributed by atoms with E-state index in [4.69, 9.17) is 4.74 Å². The van der Waals surface area contributed by atoms with Crippen LogP contribution in [0.1, 0.15) is 64.4 Å². The summed E-state index contributed by atoms with van der Waals surface area (Å²) in [5.74, 6) is 0.873. The van der Waals surface area contributed by atoms with Crippen molar-refractivity contribution in [2.45, 2.75) is 76.4 Å². The van der Waals surface area contributed by atoms with Crippen molar-refractivity contribution in [3.8, 4) is 5.75 Å². The van der Waals surface area contributed by atoms with Crippen molar-refractivity contribution in [1.29, 1.82) is 0 Å². The number of benzene rings is 2. The Morgan fingerprint density at radius 1 is 0.906 bits per heavy atom. The minimum atomic E-state index is -0.526. The van der Waals surface area contributed by atoms with E-state index in [1.54, 1.807) is 11.8 Å². The zero-order chi connectivity index (χ0) is 22.3. The molecule has 168 valence electrons. The number of hydrogen-bond donors (Lipinski definition) is 0. The molecule has 5 rings (SSSR count). The lowest BCUT2D eigenvalue weighted by Gasteiger charge is -2.43. The monoisotopic (exact) mass is 432 g/mol. The highest BCUT2D eigenvalue weighted by atomic mass is 16.5. The Bertz CT molecular complexity index is 1030. The van der Waals surface area contributed by atoms with Crippen molar-refractivity contribution in [1.82, 2.24) is 0 Å². The maximum atomic E-state index is 14.2. The lowest BCUT2D eigenvalue weighted by molar-refractivity contribution is -0.128. The highest BCUT2D eigenvalue weighted by Gasteiger charge is 2.53. The molecule has 5 heteroatoms. The van der Waals surface area contributed by atoms with Gasteiger partial charge in [-0.3, -0.25) is 9.59 Å². The van der Waals surface area contributed by atoms with Crippen molar-refractivity contribution < 1.29 is 14.3 Å². The number of para-hydroxylation sites is 3. The van der Waals surface area contributed by atoms with Gasteiger partial charge in [0.25, 0.3) is 5.91 Å². The van der Waals surface area contributed by atoms with Crippen LogP contribution in [0.5, 0.6) is 5.75 Å². The highest BCUT2D eigenvalue weighted by molar-refractivity contribution is 6.06. The molecule has 1 saturated carbocycles. The molecule has 1 fully saturated rings. The minimum absolute atomic E-state index is 0.00180. The van der Waals surface area contributed by atoms with Crippen LogP contribution in [-0.4, -0.2) is 30.5 Å². The molecule has 2 atom stereocenters. The lowest BCUT2D eigenvalue weighted by atomic mass is 9.68.